The number of hydrogen-bond acceptors (Lipinski definition) is 1. The Kier molecular flexibility index (Phi) is 4.02. The Morgan fingerprint density at radius 3 is 2.78 bits per heavy atom. The molecule has 0 aliphatic heterocycles. The zero-order valence-corrected chi connectivity index (χ0v) is 11.4. The summed E-state index contributed by atoms with van der Waals surface area (Å²) in [7, 11) is 6.11. The number of benzene rings is 1. The third-order valence-electron chi connectivity index (χ3n) is 2.89. The lowest BCUT2D eigenvalue weighted by atomic mass is 9.91. The van der Waals surface area contributed by atoms with Gasteiger partial charge in [-0.15, -0.1) is 0 Å². The Balaban J connectivity index is 2.76. The van der Waals surface area contributed by atoms with Crippen LogP contribution in [0.15, 0.2) is 42.0 Å². The minimum atomic E-state index is -0.455. The normalized spacial score (nSPS) is 13.3. The molecule has 0 fully saturated rings. The first-order chi connectivity index (χ1) is 8.69. The Morgan fingerprint density at radius 2 is 2.11 bits per heavy atom. The minimum absolute atomic E-state index is 0.455. The molecule has 0 aliphatic carbocycles. The molecule has 2 radical (unpaired) electrons. The van der Waals surface area contributed by atoms with Crippen molar-refractivity contribution in [1.82, 2.24) is 0 Å². The molecular formula is C15H14BFS. The summed E-state index contributed by atoms with van der Waals surface area (Å²) < 4.78 is 14.8. The molecule has 1 heterocycles. The summed E-state index contributed by atoms with van der Waals surface area (Å²) in [4.78, 5) is 0. The van der Waals surface area contributed by atoms with Gasteiger partial charge < -0.3 is 0 Å². The van der Waals surface area contributed by atoms with Crippen molar-refractivity contribution in [2.75, 3.05) is 6.67 Å². The van der Waals surface area contributed by atoms with Crippen LogP contribution in [0.25, 0.3) is 15.7 Å². The molecule has 0 amide bonds. The van der Waals surface area contributed by atoms with Crippen molar-refractivity contribution in [2.24, 2.45) is 0 Å². The molecule has 0 aliphatic rings. The van der Waals surface area contributed by atoms with Crippen LogP contribution in [-0.2, 0) is 0 Å². The van der Waals surface area contributed by atoms with E-state index in [0.29, 0.717) is 5.57 Å². The molecule has 0 unspecified atom stereocenters. The molecule has 0 bridgehead atoms. The van der Waals surface area contributed by atoms with Gasteiger partial charge in [-0.25, -0.2) is 4.39 Å². The molecule has 0 N–H and O–H groups in total. The van der Waals surface area contributed by atoms with E-state index in [9.17, 15) is 4.39 Å². The molecule has 0 nitrogen and oxygen atoms in total. The first-order valence-electron chi connectivity index (χ1n) is 5.84. The van der Waals surface area contributed by atoms with Crippen LogP contribution in [0.2, 0.25) is 0 Å². The molecule has 2 rings (SSSR count). The Morgan fingerprint density at radius 1 is 1.39 bits per heavy atom. The lowest BCUT2D eigenvalue weighted by Crippen LogP contribution is -2.03. The SMILES string of the molecule is [B]c1sc2ccccc2c1C(/C=C\C)=C(\C)CF. The summed E-state index contributed by atoms with van der Waals surface area (Å²) in [6.45, 7) is 3.28. The molecule has 2 aromatic rings. The van der Waals surface area contributed by atoms with Crippen molar-refractivity contribution in [2.45, 2.75) is 13.8 Å². The van der Waals surface area contributed by atoms with E-state index in [1.165, 1.54) is 0 Å². The maximum Gasteiger partial charge on any atom is 0.129 e. The number of rotatable bonds is 3. The summed E-state index contributed by atoms with van der Waals surface area (Å²) in [5.41, 5.74) is 2.57. The quantitative estimate of drug-likeness (QED) is 0.575. The predicted octanol–water partition coefficient (Wildman–Crippen LogP) is 4.01. The van der Waals surface area contributed by atoms with Crippen LogP contribution in [0.1, 0.15) is 19.4 Å². The first-order valence-corrected chi connectivity index (χ1v) is 6.66. The lowest BCUT2D eigenvalue weighted by Gasteiger charge is -2.07. The van der Waals surface area contributed by atoms with E-state index in [4.69, 9.17) is 7.85 Å². The smallest absolute Gasteiger partial charge is 0.129 e. The van der Waals surface area contributed by atoms with E-state index in [0.717, 1.165) is 26.0 Å². The number of alkyl halides is 1. The van der Waals surface area contributed by atoms with Crippen LogP contribution in [0.3, 0.4) is 0 Å². The van der Waals surface area contributed by atoms with Gasteiger partial charge >= 0.3 is 0 Å². The standard InChI is InChI=1S/C15H14BFS/c1-3-6-11(10(2)9-17)14-12-7-4-5-8-13(12)18-15(14)16/h3-8H,9H2,1-2H3/b6-3-,11-10+. The second kappa shape index (κ2) is 5.53. The number of fused-ring (bicyclic) bond motifs is 1. The van der Waals surface area contributed by atoms with E-state index >= 15 is 0 Å². The van der Waals surface area contributed by atoms with Crippen molar-refractivity contribution in [3.8, 4) is 0 Å². The summed E-state index contributed by atoms with van der Waals surface area (Å²) in [6, 6.07) is 8.05. The van der Waals surface area contributed by atoms with Gasteiger partial charge in [-0.3, -0.25) is 0 Å². The molecule has 1 aromatic carbocycles. The Hall–Kier alpha value is -1.35. The second-order valence-corrected chi connectivity index (χ2v) is 5.25. The largest absolute Gasteiger partial charge is 0.246 e. The topological polar surface area (TPSA) is 0 Å². The van der Waals surface area contributed by atoms with Gasteiger partial charge in [0.25, 0.3) is 0 Å². The number of allylic oxidation sites excluding steroid dienone is 4. The summed E-state index contributed by atoms with van der Waals surface area (Å²) in [5, 5.41) is 1.10. The third kappa shape index (κ3) is 2.28. The Bertz CT molecular complexity index is 622. The van der Waals surface area contributed by atoms with Gasteiger partial charge in [0.15, 0.2) is 0 Å². The average Bonchev–Trinajstić information content (AvgIpc) is 2.71. The highest BCUT2D eigenvalue weighted by atomic mass is 32.1. The van der Waals surface area contributed by atoms with Crippen molar-refractivity contribution < 1.29 is 4.39 Å². The van der Waals surface area contributed by atoms with E-state index in [-0.39, 0.29) is 0 Å². The average molecular weight is 256 g/mol. The molecule has 0 atom stereocenters. The minimum Gasteiger partial charge on any atom is -0.246 e. The van der Waals surface area contributed by atoms with E-state index in [1.807, 2.05) is 43.3 Å². The highest BCUT2D eigenvalue weighted by molar-refractivity contribution is 7.26. The third-order valence-corrected chi connectivity index (χ3v) is 3.89. The van der Waals surface area contributed by atoms with Crippen LogP contribution < -0.4 is 4.78 Å². The highest BCUT2D eigenvalue weighted by Gasteiger charge is 2.12. The van der Waals surface area contributed by atoms with E-state index in [1.54, 1.807) is 18.3 Å². The van der Waals surface area contributed by atoms with Crippen LogP contribution >= 0.6 is 11.3 Å². The molecule has 3 heteroatoms. The molecule has 1 aromatic heterocycles. The first kappa shape index (κ1) is 13.1. The van der Waals surface area contributed by atoms with E-state index in [2.05, 4.69) is 0 Å². The maximum atomic E-state index is 13.0. The van der Waals surface area contributed by atoms with Gasteiger partial charge in [-0.05, 0) is 46.8 Å². The van der Waals surface area contributed by atoms with Crippen LogP contribution in [-0.4, -0.2) is 14.5 Å². The van der Waals surface area contributed by atoms with Crippen molar-refractivity contribution in [3.63, 3.8) is 0 Å². The molecule has 0 saturated heterocycles. The summed E-state index contributed by atoms with van der Waals surface area (Å²) in [5.74, 6) is 0. The van der Waals surface area contributed by atoms with Crippen molar-refractivity contribution >= 4 is 39.6 Å². The van der Waals surface area contributed by atoms with Gasteiger partial charge in [-0.2, -0.15) is 11.3 Å². The Labute approximate surface area is 112 Å². The molecule has 0 spiro atoms. The van der Waals surface area contributed by atoms with Crippen molar-refractivity contribution in [1.29, 1.82) is 0 Å². The predicted molar refractivity (Wildman–Crippen MR) is 80.6 cm³/mol. The second-order valence-electron chi connectivity index (χ2n) is 4.17. The summed E-state index contributed by atoms with van der Waals surface area (Å²) in [6.07, 6.45) is 3.85. The van der Waals surface area contributed by atoms with Gasteiger partial charge in [-0.1, -0.05) is 30.4 Å². The van der Waals surface area contributed by atoms with E-state index < -0.39 is 6.67 Å². The fourth-order valence-electron chi connectivity index (χ4n) is 2.02. The molecule has 18 heavy (non-hydrogen) atoms. The zero-order valence-electron chi connectivity index (χ0n) is 10.5. The monoisotopic (exact) mass is 256 g/mol. The maximum absolute atomic E-state index is 13.0. The molecule has 90 valence electrons. The summed E-state index contributed by atoms with van der Waals surface area (Å²) >= 11 is 1.55. The number of halogens is 1. The van der Waals surface area contributed by atoms with Crippen LogP contribution in [0.5, 0.6) is 0 Å². The van der Waals surface area contributed by atoms with Gasteiger partial charge in [0.1, 0.15) is 14.5 Å². The van der Waals surface area contributed by atoms with Gasteiger partial charge in [0.05, 0.1) is 0 Å². The van der Waals surface area contributed by atoms with Gasteiger partial charge in [0.2, 0.25) is 0 Å². The number of hydrogen-bond donors (Lipinski definition) is 0. The fourth-order valence-corrected chi connectivity index (χ4v) is 3.01. The molecule has 0 saturated carbocycles. The fraction of sp³-hybridized carbons (Fsp3) is 0.200. The van der Waals surface area contributed by atoms with Gasteiger partial charge in [0, 0.05) is 4.70 Å². The molecular weight excluding hydrogens is 242 g/mol. The number of thiophene rings is 1. The highest BCUT2D eigenvalue weighted by Crippen LogP contribution is 2.31. The van der Waals surface area contributed by atoms with Crippen LogP contribution in [0.4, 0.5) is 4.39 Å². The zero-order chi connectivity index (χ0) is 13.1. The van der Waals surface area contributed by atoms with Crippen LogP contribution in [0, 0.1) is 0 Å². The van der Waals surface area contributed by atoms with Crippen molar-refractivity contribution in [3.05, 3.63) is 47.6 Å². The lowest BCUT2D eigenvalue weighted by molar-refractivity contribution is 0.544.